The minimum absolute atomic E-state index is 0.0491. The molecule has 1 atom stereocenters. The highest BCUT2D eigenvalue weighted by Gasteiger charge is 2.30. The molecule has 0 radical (unpaired) electrons. The van der Waals surface area contributed by atoms with E-state index in [0.29, 0.717) is 19.1 Å². The van der Waals surface area contributed by atoms with E-state index in [9.17, 15) is 4.79 Å². The first-order valence-electron chi connectivity index (χ1n) is 9.64. The van der Waals surface area contributed by atoms with Gasteiger partial charge in [0, 0.05) is 35.9 Å². The van der Waals surface area contributed by atoms with Gasteiger partial charge in [-0.15, -0.1) is 0 Å². The molecule has 0 spiro atoms. The number of carbonyl (C=O) groups excluding carboxylic acids is 1. The Morgan fingerprint density at radius 2 is 2.19 bits per heavy atom. The number of rotatable bonds is 6. The van der Waals surface area contributed by atoms with Crippen molar-refractivity contribution >= 4 is 11.6 Å². The molecule has 0 saturated heterocycles. The Kier molecular flexibility index (Phi) is 5.85. The summed E-state index contributed by atoms with van der Waals surface area (Å²) < 4.78 is 7.99. The third-order valence-electron chi connectivity index (χ3n) is 4.92. The van der Waals surface area contributed by atoms with Crippen LogP contribution in [-0.4, -0.2) is 40.0 Å². The molecule has 6 heteroatoms. The van der Waals surface area contributed by atoms with Gasteiger partial charge in [-0.25, -0.2) is 0 Å². The third-order valence-corrected chi connectivity index (χ3v) is 4.92. The maximum atomic E-state index is 12.2. The lowest BCUT2D eigenvalue weighted by Crippen LogP contribution is -2.40. The summed E-state index contributed by atoms with van der Waals surface area (Å²) in [7, 11) is 0. The van der Waals surface area contributed by atoms with Gasteiger partial charge < -0.3 is 14.7 Å². The van der Waals surface area contributed by atoms with E-state index in [1.165, 1.54) is 0 Å². The number of hydrogen-bond donors (Lipinski definition) is 1. The van der Waals surface area contributed by atoms with Crippen LogP contribution in [0.1, 0.15) is 39.7 Å². The van der Waals surface area contributed by atoms with Gasteiger partial charge in [-0.1, -0.05) is 13.8 Å². The van der Waals surface area contributed by atoms with E-state index in [-0.39, 0.29) is 18.6 Å². The van der Waals surface area contributed by atoms with Crippen molar-refractivity contribution in [1.82, 2.24) is 9.78 Å². The lowest BCUT2D eigenvalue weighted by molar-refractivity contribution is -0.117. The van der Waals surface area contributed by atoms with Gasteiger partial charge in [0.25, 0.3) is 0 Å². The lowest BCUT2D eigenvalue weighted by Gasteiger charge is -2.36. The SMILES string of the molecule is CC(=O)N1c2ccc(-c3cnn(CCO)c3)c(OCC(C)C)c2CCC1C. The number of fused-ring (bicyclic) bond motifs is 1. The molecule has 0 fully saturated rings. The van der Waals surface area contributed by atoms with Crippen LogP contribution in [0.3, 0.4) is 0 Å². The molecular formula is C21H29N3O3. The zero-order valence-electron chi connectivity index (χ0n) is 16.6. The monoisotopic (exact) mass is 371 g/mol. The van der Waals surface area contributed by atoms with E-state index in [2.05, 4.69) is 25.9 Å². The second-order valence-corrected chi connectivity index (χ2v) is 7.64. The molecule has 146 valence electrons. The summed E-state index contributed by atoms with van der Waals surface area (Å²) in [6, 6.07) is 4.22. The number of anilines is 1. The van der Waals surface area contributed by atoms with Crippen molar-refractivity contribution in [2.45, 2.75) is 53.1 Å². The molecule has 3 rings (SSSR count). The van der Waals surface area contributed by atoms with Crippen LogP contribution >= 0.6 is 0 Å². The Morgan fingerprint density at radius 1 is 1.41 bits per heavy atom. The van der Waals surface area contributed by atoms with Crippen LogP contribution in [0, 0.1) is 5.92 Å². The highest BCUT2D eigenvalue weighted by Crippen LogP contribution is 2.43. The minimum atomic E-state index is 0.0491. The van der Waals surface area contributed by atoms with Crippen LogP contribution in [0.2, 0.25) is 0 Å². The first kappa shape index (κ1) is 19.4. The van der Waals surface area contributed by atoms with Gasteiger partial charge in [0.1, 0.15) is 5.75 Å². The van der Waals surface area contributed by atoms with Crippen LogP contribution in [-0.2, 0) is 17.8 Å². The van der Waals surface area contributed by atoms with Crippen LogP contribution in [0.15, 0.2) is 24.5 Å². The summed E-state index contributed by atoms with van der Waals surface area (Å²) in [6.45, 7) is 9.08. The van der Waals surface area contributed by atoms with Gasteiger partial charge in [-0.3, -0.25) is 9.48 Å². The van der Waals surface area contributed by atoms with Gasteiger partial charge in [0.2, 0.25) is 5.91 Å². The molecule has 1 aromatic carbocycles. The fourth-order valence-electron chi connectivity index (χ4n) is 3.65. The zero-order valence-corrected chi connectivity index (χ0v) is 16.6. The van der Waals surface area contributed by atoms with E-state index in [1.807, 2.05) is 23.2 Å². The fraction of sp³-hybridized carbons (Fsp3) is 0.524. The Morgan fingerprint density at radius 3 is 2.85 bits per heavy atom. The van der Waals surface area contributed by atoms with Crippen molar-refractivity contribution in [1.29, 1.82) is 0 Å². The van der Waals surface area contributed by atoms with E-state index >= 15 is 0 Å². The first-order valence-corrected chi connectivity index (χ1v) is 9.64. The predicted molar refractivity (Wildman–Crippen MR) is 106 cm³/mol. The summed E-state index contributed by atoms with van der Waals surface area (Å²) in [5.74, 6) is 1.31. The van der Waals surface area contributed by atoms with Gasteiger partial charge in [0.15, 0.2) is 0 Å². The topological polar surface area (TPSA) is 67.6 Å². The lowest BCUT2D eigenvalue weighted by atomic mass is 9.92. The summed E-state index contributed by atoms with van der Waals surface area (Å²) >= 11 is 0. The molecule has 1 unspecified atom stereocenters. The Hall–Kier alpha value is -2.34. The third kappa shape index (κ3) is 4.00. The molecule has 0 bridgehead atoms. The van der Waals surface area contributed by atoms with Crippen molar-refractivity contribution in [3.05, 3.63) is 30.1 Å². The number of hydrogen-bond acceptors (Lipinski definition) is 4. The maximum absolute atomic E-state index is 12.2. The number of benzene rings is 1. The summed E-state index contributed by atoms with van der Waals surface area (Å²) in [5.41, 5.74) is 3.98. The second-order valence-electron chi connectivity index (χ2n) is 7.64. The molecule has 0 aliphatic carbocycles. The molecule has 2 heterocycles. The first-order chi connectivity index (χ1) is 12.9. The quantitative estimate of drug-likeness (QED) is 0.846. The number of aliphatic hydroxyl groups is 1. The predicted octanol–water partition coefficient (Wildman–Crippen LogP) is 3.26. The molecule has 2 aromatic rings. The molecule has 0 saturated carbocycles. The van der Waals surface area contributed by atoms with Gasteiger partial charge in [0.05, 0.1) is 31.6 Å². The molecule has 1 aliphatic heterocycles. The smallest absolute Gasteiger partial charge is 0.224 e. The largest absolute Gasteiger partial charge is 0.492 e. The normalized spacial score (nSPS) is 16.5. The Balaban J connectivity index is 2.09. The van der Waals surface area contributed by atoms with Crippen LogP contribution < -0.4 is 9.64 Å². The highest BCUT2D eigenvalue weighted by molar-refractivity contribution is 5.95. The molecule has 1 aliphatic rings. The number of carbonyl (C=O) groups is 1. The van der Waals surface area contributed by atoms with Gasteiger partial charge >= 0.3 is 0 Å². The maximum Gasteiger partial charge on any atom is 0.224 e. The van der Waals surface area contributed by atoms with E-state index in [4.69, 9.17) is 9.84 Å². The molecule has 1 N–H and O–H groups in total. The van der Waals surface area contributed by atoms with Crippen molar-refractivity contribution in [2.24, 2.45) is 5.92 Å². The van der Waals surface area contributed by atoms with Gasteiger partial charge in [-0.2, -0.15) is 5.10 Å². The highest BCUT2D eigenvalue weighted by atomic mass is 16.5. The number of amides is 1. The molecule has 1 aromatic heterocycles. The molecule has 1 amide bonds. The van der Waals surface area contributed by atoms with Crippen molar-refractivity contribution in [2.75, 3.05) is 18.1 Å². The Bertz CT molecular complexity index is 813. The minimum Gasteiger partial charge on any atom is -0.492 e. The second kappa shape index (κ2) is 8.13. The summed E-state index contributed by atoms with van der Waals surface area (Å²) in [6.07, 6.45) is 5.52. The number of nitrogens with zero attached hydrogens (tertiary/aromatic N) is 3. The molecule has 27 heavy (non-hydrogen) atoms. The van der Waals surface area contributed by atoms with Gasteiger partial charge in [-0.05, 0) is 37.8 Å². The standard InChI is InChI=1S/C21H29N3O3/c1-14(2)13-27-21-18(17-11-22-23(12-17)9-10-25)7-8-20-19(21)6-5-15(3)24(20)16(4)26/h7-8,11-12,14-15,25H,5-6,9-10,13H2,1-4H3. The molecule has 6 nitrogen and oxygen atoms in total. The fourth-order valence-corrected chi connectivity index (χ4v) is 3.65. The average molecular weight is 371 g/mol. The van der Waals surface area contributed by atoms with Crippen LogP contribution in [0.25, 0.3) is 11.1 Å². The van der Waals surface area contributed by atoms with Crippen LogP contribution in [0.5, 0.6) is 5.75 Å². The van der Waals surface area contributed by atoms with Crippen LogP contribution in [0.4, 0.5) is 5.69 Å². The van der Waals surface area contributed by atoms with Crippen molar-refractivity contribution < 1.29 is 14.6 Å². The average Bonchev–Trinajstić information content (AvgIpc) is 3.07. The van der Waals surface area contributed by atoms with E-state index in [0.717, 1.165) is 41.0 Å². The van der Waals surface area contributed by atoms with Crippen molar-refractivity contribution in [3.8, 4) is 16.9 Å². The number of aromatic nitrogens is 2. The number of ether oxygens (including phenoxy) is 1. The van der Waals surface area contributed by atoms with E-state index in [1.54, 1.807) is 17.8 Å². The van der Waals surface area contributed by atoms with Crippen molar-refractivity contribution in [3.63, 3.8) is 0 Å². The van der Waals surface area contributed by atoms with E-state index < -0.39 is 0 Å². The summed E-state index contributed by atoms with van der Waals surface area (Å²) in [4.78, 5) is 14.1. The Labute approximate surface area is 160 Å². The zero-order chi connectivity index (χ0) is 19.6. The summed E-state index contributed by atoms with van der Waals surface area (Å²) in [5, 5.41) is 13.5. The number of aliphatic hydroxyl groups excluding tert-OH is 1. The molecular weight excluding hydrogens is 342 g/mol.